The van der Waals surface area contributed by atoms with E-state index in [0.717, 1.165) is 10.2 Å². The molecule has 0 amide bonds. The standard InChI is InChI=1S/C12H14BrN3O2S/c1-8-6-10(13)4-5-11(8)19(17,18)15-12-7-9(2)14-16(12)3/h4-7,15H,1-3H3. The number of nitrogens with one attached hydrogen (secondary N) is 1. The van der Waals surface area contributed by atoms with E-state index < -0.39 is 10.0 Å². The molecule has 7 heteroatoms. The molecule has 1 heterocycles. The van der Waals surface area contributed by atoms with Crippen molar-refractivity contribution in [2.75, 3.05) is 4.72 Å². The van der Waals surface area contributed by atoms with Gasteiger partial charge in [-0.15, -0.1) is 0 Å². The minimum absolute atomic E-state index is 0.259. The lowest BCUT2D eigenvalue weighted by Crippen LogP contribution is -2.16. The number of hydrogen-bond donors (Lipinski definition) is 1. The van der Waals surface area contributed by atoms with E-state index in [0.29, 0.717) is 11.4 Å². The molecule has 2 aromatic rings. The molecule has 0 bridgehead atoms. The lowest BCUT2D eigenvalue weighted by molar-refractivity contribution is 0.599. The zero-order chi connectivity index (χ0) is 14.2. The van der Waals surface area contributed by atoms with Crippen molar-refractivity contribution < 1.29 is 8.42 Å². The predicted molar refractivity (Wildman–Crippen MR) is 77.6 cm³/mol. The van der Waals surface area contributed by atoms with Crippen molar-refractivity contribution >= 4 is 31.8 Å². The lowest BCUT2D eigenvalue weighted by Gasteiger charge is -2.10. The third kappa shape index (κ3) is 2.98. The Morgan fingerprint density at radius 2 is 1.95 bits per heavy atom. The number of aryl methyl sites for hydroxylation is 3. The van der Waals surface area contributed by atoms with Crippen LogP contribution in [0.15, 0.2) is 33.6 Å². The largest absolute Gasteiger partial charge is 0.264 e. The molecule has 0 radical (unpaired) electrons. The molecule has 0 fully saturated rings. The number of rotatable bonds is 3. The molecule has 1 aromatic heterocycles. The highest BCUT2D eigenvalue weighted by Gasteiger charge is 2.18. The van der Waals surface area contributed by atoms with E-state index >= 15 is 0 Å². The molecule has 0 aliphatic rings. The molecule has 0 spiro atoms. The van der Waals surface area contributed by atoms with E-state index in [1.165, 1.54) is 4.68 Å². The molecule has 102 valence electrons. The molecule has 19 heavy (non-hydrogen) atoms. The number of benzene rings is 1. The molecule has 0 atom stereocenters. The van der Waals surface area contributed by atoms with Crippen LogP contribution in [0.25, 0.3) is 0 Å². The first-order valence-corrected chi connectivity index (χ1v) is 7.87. The molecule has 0 saturated carbocycles. The molecule has 5 nitrogen and oxygen atoms in total. The monoisotopic (exact) mass is 343 g/mol. The highest BCUT2D eigenvalue weighted by atomic mass is 79.9. The van der Waals surface area contributed by atoms with Crippen molar-refractivity contribution in [1.82, 2.24) is 9.78 Å². The first-order valence-electron chi connectivity index (χ1n) is 5.59. The number of aromatic nitrogens is 2. The fourth-order valence-corrected chi connectivity index (χ4v) is 3.59. The average Bonchev–Trinajstić information content (AvgIpc) is 2.55. The normalized spacial score (nSPS) is 11.6. The van der Waals surface area contributed by atoms with Gasteiger partial charge in [-0.05, 0) is 37.6 Å². The summed E-state index contributed by atoms with van der Waals surface area (Å²) in [6.07, 6.45) is 0. The van der Waals surface area contributed by atoms with Gasteiger partial charge in [-0.3, -0.25) is 9.40 Å². The van der Waals surface area contributed by atoms with Crippen LogP contribution in [0.3, 0.4) is 0 Å². The summed E-state index contributed by atoms with van der Waals surface area (Å²) in [6, 6.07) is 6.73. The van der Waals surface area contributed by atoms with Crippen LogP contribution >= 0.6 is 15.9 Å². The predicted octanol–water partition coefficient (Wildman–Crippen LogP) is 2.60. The summed E-state index contributed by atoms with van der Waals surface area (Å²) in [7, 11) is -1.91. The maximum atomic E-state index is 12.3. The quantitative estimate of drug-likeness (QED) is 0.931. The van der Waals surface area contributed by atoms with Gasteiger partial charge >= 0.3 is 0 Å². The molecule has 0 saturated heterocycles. The van der Waals surface area contributed by atoms with Gasteiger partial charge in [0.1, 0.15) is 5.82 Å². The SMILES string of the molecule is Cc1cc(NS(=O)(=O)c2ccc(Br)cc2C)n(C)n1. The van der Waals surface area contributed by atoms with Crippen molar-refractivity contribution in [2.24, 2.45) is 7.05 Å². The Labute approximate surface area is 120 Å². The summed E-state index contributed by atoms with van der Waals surface area (Å²) in [5, 5.41) is 4.11. The topological polar surface area (TPSA) is 64.0 Å². The van der Waals surface area contributed by atoms with Gasteiger partial charge in [0, 0.05) is 17.6 Å². The fraction of sp³-hybridized carbons (Fsp3) is 0.250. The third-order valence-corrected chi connectivity index (χ3v) is 4.68. The van der Waals surface area contributed by atoms with Crippen molar-refractivity contribution in [1.29, 1.82) is 0 Å². The number of hydrogen-bond acceptors (Lipinski definition) is 3. The second kappa shape index (κ2) is 4.97. The van der Waals surface area contributed by atoms with Crippen LogP contribution in [0.2, 0.25) is 0 Å². The molecule has 0 aliphatic carbocycles. The van der Waals surface area contributed by atoms with Gasteiger partial charge in [0.25, 0.3) is 10.0 Å². The number of nitrogens with zero attached hydrogens (tertiary/aromatic N) is 2. The summed E-state index contributed by atoms with van der Waals surface area (Å²) >= 11 is 3.32. The maximum Gasteiger partial charge on any atom is 0.263 e. The van der Waals surface area contributed by atoms with Gasteiger partial charge in [-0.2, -0.15) is 5.10 Å². The number of halogens is 1. The average molecular weight is 344 g/mol. The Hall–Kier alpha value is -1.34. The molecular formula is C12H14BrN3O2S. The van der Waals surface area contributed by atoms with Crippen LogP contribution in [0.5, 0.6) is 0 Å². The zero-order valence-corrected chi connectivity index (χ0v) is 13.2. The van der Waals surface area contributed by atoms with Crippen LogP contribution in [0, 0.1) is 13.8 Å². The van der Waals surface area contributed by atoms with Crippen LogP contribution in [0.1, 0.15) is 11.3 Å². The van der Waals surface area contributed by atoms with E-state index in [1.54, 1.807) is 38.2 Å². The summed E-state index contributed by atoms with van der Waals surface area (Å²) in [6.45, 7) is 3.57. The highest BCUT2D eigenvalue weighted by Crippen LogP contribution is 2.22. The van der Waals surface area contributed by atoms with Crippen LogP contribution in [0.4, 0.5) is 5.82 Å². The van der Waals surface area contributed by atoms with Crippen molar-refractivity contribution in [3.63, 3.8) is 0 Å². The highest BCUT2D eigenvalue weighted by molar-refractivity contribution is 9.10. The Morgan fingerprint density at radius 1 is 1.26 bits per heavy atom. The van der Waals surface area contributed by atoms with Gasteiger partial charge in [0.15, 0.2) is 0 Å². The van der Waals surface area contributed by atoms with Crippen LogP contribution in [-0.4, -0.2) is 18.2 Å². The fourth-order valence-electron chi connectivity index (χ4n) is 1.81. The van der Waals surface area contributed by atoms with E-state index in [2.05, 4.69) is 25.8 Å². The molecule has 0 unspecified atom stereocenters. The Kier molecular flexibility index (Phi) is 3.69. The molecule has 1 N–H and O–H groups in total. The maximum absolute atomic E-state index is 12.3. The summed E-state index contributed by atoms with van der Waals surface area (Å²) in [5.74, 6) is 0.444. The van der Waals surface area contributed by atoms with Gasteiger partial charge < -0.3 is 0 Å². The first kappa shape index (κ1) is 14.1. The molecule has 0 aliphatic heterocycles. The Morgan fingerprint density at radius 3 is 2.47 bits per heavy atom. The molecular weight excluding hydrogens is 330 g/mol. The van der Waals surface area contributed by atoms with Crippen molar-refractivity contribution in [3.8, 4) is 0 Å². The second-order valence-electron chi connectivity index (χ2n) is 4.31. The van der Waals surface area contributed by atoms with Gasteiger partial charge in [-0.25, -0.2) is 8.42 Å². The van der Waals surface area contributed by atoms with Crippen LogP contribution in [-0.2, 0) is 17.1 Å². The van der Waals surface area contributed by atoms with E-state index in [-0.39, 0.29) is 4.90 Å². The summed E-state index contributed by atoms with van der Waals surface area (Å²) in [5.41, 5.74) is 1.44. The van der Waals surface area contributed by atoms with Gasteiger partial charge in [0.05, 0.1) is 10.6 Å². The van der Waals surface area contributed by atoms with Crippen molar-refractivity contribution in [3.05, 3.63) is 40.0 Å². The third-order valence-electron chi connectivity index (χ3n) is 2.67. The summed E-state index contributed by atoms with van der Waals surface area (Å²) in [4.78, 5) is 0.259. The summed E-state index contributed by atoms with van der Waals surface area (Å²) < 4.78 is 29.5. The van der Waals surface area contributed by atoms with E-state index in [1.807, 2.05) is 6.92 Å². The van der Waals surface area contributed by atoms with Gasteiger partial charge in [0.2, 0.25) is 0 Å². The molecule has 2 rings (SSSR count). The van der Waals surface area contributed by atoms with Crippen LogP contribution < -0.4 is 4.72 Å². The minimum atomic E-state index is -3.60. The minimum Gasteiger partial charge on any atom is -0.264 e. The number of anilines is 1. The first-order chi connectivity index (χ1) is 8.79. The lowest BCUT2D eigenvalue weighted by atomic mass is 10.2. The van der Waals surface area contributed by atoms with E-state index in [9.17, 15) is 8.42 Å². The Balaban J connectivity index is 2.40. The molecule has 1 aromatic carbocycles. The van der Waals surface area contributed by atoms with Gasteiger partial charge in [-0.1, -0.05) is 15.9 Å². The van der Waals surface area contributed by atoms with E-state index in [4.69, 9.17) is 0 Å². The smallest absolute Gasteiger partial charge is 0.263 e. The Bertz CT molecular complexity index is 723. The zero-order valence-electron chi connectivity index (χ0n) is 10.8. The number of sulfonamides is 1. The second-order valence-corrected chi connectivity index (χ2v) is 6.88. The van der Waals surface area contributed by atoms with Crippen molar-refractivity contribution in [2.45, 2.75) is 18.7 Å².